The van der Waals surface area contributed by atoms with Crippen molar-refractivity contribution in [3.63, 3.8) is 0 Å². The van der Waals surface area contributed by atoms with Gasteiger partial charge >= 0.3 is 0 Å². The molecule has 1 aromatic heterocycles. The summed E-state index contributed by atoms with van der Waals surface area (Å²) in [6.45, 7) is 13.1. The van der Waals surface area contributed by atoms with Crippen LogP contribution < -0.4 is 0 Å². The van der Waals surface area contributed by atoms with Gasteiger partial charge in [-0.05, 0) is 18.6 Å². The summed E-state index contributed by atoms with van der Waals surface area (Å²) in [6.07, 6.45) is 3.36. The second-order valence-electron chi connectivity index (χ2n) is 3.97. The molecule has 1 fully saturated rings. The molecule has 0 bridgehead atoms. The zero-order valence-corrected chi connectivity index (χ0v) is 8.25. The first-order chi connectivity index (χ1) is 6.66. The molecule has 0 aromatic carbocycles. The Morgan fingerprint density at radius 1 is 1.50 bits per heavy atom. The summed E-state index contributed by atoms with van der Waals surface area (Å²) in [5, 5.41) is 0. The van der Waals surface area contributed by atoms with Crippen LogP contribution in [-0.4, -0.2) is 4.98 Å². The van der Waals surface area contributed by atoms with E-state index in [1.165, 1.54) is 0 Å². The standard InChI is InChI=1S/C12H12N2/c1-9-4-5-11(14-8-9)12(13-3)6-10(2)7-12/h4-5,8H,2,6-7H2,1H3. The van der Waals surface area contributed by atoms with Gasteiger partial charge in [0.15, 0.2) is 0 Å². The molecule has 1 aromatic rings. The molecule has 0 amide bonds. The monoisotopic (exact) mass is 184 g/mol. The number of hydrogen-bond acceptors (Lipinski definition) is 1. The van der Waals surface area contributed by atoms with Crippen LogP contribution in [0.4, 0.5) is 0 Å². The maximum Gasteiger partial charge on any atom is 0.281 e. The largest absolute Gasteiger partial charge is 0.303 e. The van der Waals surface area contributed by atoms with Crippen molar-refractivity contribution in [2.45, 2.75) is 25.3 Å². The highest BCUT2D eigenvalue weighted by molar-refractivity contribution is 5.35. The van der Waals surface area contributed by atoms with Gasteiger partial charge in [0.25, 0.3) is 5.54 Å². The summed E-state index contributed by atoms with van der Waals surface area (Å²) >= 11 is 0. The minimum absolute atomic E-state index is 0.398. The Morgan fingerprint density at radius 2 is 2.21 bits per heavy atom. The van der Waals surface area contributed by atoms with Gasteiger partial charge < -0.3 is 4.85 Å². The lowest BCUT2D eigenvalue weighted by atomic mass is 9.71. The zero-order valence-electron chi connectivity index (χ0n) is 8.25. The molecule has 2 nitrogen and oxygen atoms in total. The van der Waals surface area contributed by atoms with Gasteiger partial charge in [0.1, 0.15) is 5.69 Å². The highest BCUT2D eigenvalue weighted by Crippen LogP contribution is 2.47. The number of aromatic nitrogens is 1. The fraction of sp³-hybridized carbons (Fsp3) is 0.333. The lowest BCUT2D eigenvalue weighted by Crippen LogP contribution is -2.33. The van der Waals surface area contributed by atoms with Crippen LogP contribution in [0.15, 0.2) is 30.5 Å². The normalized spacial score (nSPS) is 18.4. The molecule has 70 valence electrons. The van der Waals surface area contributed by atoms with Crippen LogP contribution in [0.5, 0.6) is 0 Å². The van der Waals surface area contributed by atoms with Gasteiger partial charge in [-0.15, -0.1) is 0 Å². The maximum absolute atomic E-state index is 7.23. The highest BCUT2D eigenvalue weighted by atomic mass is 14.9. The van der Waals surface area contributed by atoms with Crippen molar-refractivity contribution in [2.75, 3.05) is 0 Å². The molecule has 2 rings (SSSR count). The quantitative estimate of drug-likeness (QED) is 0.484. The predicted octanol–water partition coefficient (Wildman–Crippen LogP) is 2.85. The molecule has 0 aliphatic heterocycles. The summed E-state index contributed by atoms with van der Waals surface area (Å²) in [4.78, 5) is 8.03. The maximum atomic E-state index is 7.23. The lowest BCUT2D eigenvalue weighted by Gasteiger charge is -2.31. The van der Waals surface area contributed by atoms with E-state index in [2.05, 4.69) is 16.4 Å². The molecule has 1 saturated carbocycles. The molecule has 0 spiro atoms. The Bertz CT molecular complexity index is 401. The van der Waals surface area contributed by atoms with Gasteiger partial charge in [-0.1, -0.05) is 18.2 Å². The van der Waals surface area contributed by atoms with Crippen molar-refractivity contribution in [2.24, 2.45) is 0 Å². The number of rotatable bonds is 1. The number of nitrogens with zero attached hydrogens (tertiary/aromatic N) is 2. The molecule has 0 radical (unpaired) electrons. The second-order valence-corrected chi connectivity index (χ2v) is 3.97. The van der Waals surface area contributed by atoms with Crippen LogP contribution in [0.25, 0.3) is 4.85 Å². The predicted molar refractivity (Wildman–Crippen MR) is 55.6 cm³/mol. The summed E-state index contributed by atoms with van der Waals surface area (Å²) in [7, 11) is 0. The van der Waals surface area contributed by atoms with E-state index in [4.69, 9.17) is 6.57 Å². The van der Waals surface area contributed by atoms with Crippen molar-refractivity contribution >= 4 is 0 Å². The first kappa shape index (κ1) is 8.96. The highest BCUT2D eigenvalue weighted by Gasteiger charge is 2.49. The molecule has 0 saturated heterocycles. The zero-order chi connectivity index (χ0) is 10.2. The van der Waals surface area contributed by atoms with Gasteiger partial charge in [0.05, 0.1) is 12.8 Å². The van der Waals surface area contributed by atoms with Crippen LogP contribution in [0.1, 0.15) is 24.1 Å². The molecular weight excluding hydrogens is 172 g/mol. The molecule has 0 N–H and O–H groups in total. The molecule has 0 atom stereocenters. The Hall–Kier alpha value is -1.62. The minimum Gasteiger partial charge on any atom is -0.303 e. The van der Waals surface area contributed by atoms with E-state index < -0.39 is 5.54 Å². The minimum atomic E-state index is -0.398. The molecule has 2 heteroatoms. The number of pyridine rings is 1. The van der Waals surface area contributed by atoms with Crippen molar-refractivity contribution in [1.29, 1.82) is 0 Å². The second kappa shape index (κ2) is 2.95. The first-order valence-corrected chi connectivity index (χ1v) is 4.65. The Morgan fingerprint density at radius 3 is 2.64 bits per heavy atom. The summed E-state index contributed by atoms with van der Waals surface area (Å²) in [5.74, 6) is 0. The molecule has 1 heterocycles. The average molecular weight is 184 g/mol. The van der Waals surface area contributed by atoms with Crippen LogP contribution in [-0.2, 0) is 5.54 Å². The van der Waals surface area contributed by atoms with E-state index in [9.17, 15) is 0 Å². The van der Waals surface area contributed by atoms with Gasteiger partial charge in [0, 0.05) is 6.20 Å². The van der Waals surface area contributed by atoms with Gasteiger partial charge in [-0.3, -0.25) is 4.98 Å². The van der Waals surface area contributed by atoms with E-state index in [1.54, 1.807) is 0 Å². The van der Waals surface area contributed by atoms with E-state index in [0.717, 1.165) is 29.7 Å². The van der Waals surface area contributed by atoms with E-state index in [1.807, 2.05) is 25.3 Å². The number of aryl methyl sites for hydroxylation is 1. The fourth-order valence-electron chi connectivity index (χ4n) is 1.84. The van der Waals surface area contributed by atoms with Crippen molar-refractivity contribution in [3.8, 4) is 0 Å². The van der Waals surface area contributed by atoms with Gasteiger partial charge in [0.2, 0.25) is 0 Å². The number of hydrogen-bond donors (Lipinski definition) is 0. The molecule has 0 unspecified atom stereocenters. The van der Waals surface area contributed by atoms with Gasteiger partial charge in [-0.25, -0.2) is 6.57 Å². The van der Waals surface area contributed by atoms with Crippen LogP contribution in [0.2, 0.25) is 0 Å². The average Bonchev–Trinajstić information content (AvgIpc) is 2.14. The van der Waals surface area contributed by atoms with Gasteiger partial charge in [-0.2, -0.15) is 0 Å². The fourth-order valence-corrected chi connectivity index (χ4v) is 1.84. The lowest BCUT2D eigenvalue weighted by molar-refractivity contribution is 0.405. The Balaban J connectivity index is 2.35. The third-order valence-electron chi connectivity index (χ3n) is 2.69. The third kappa shape index (κ3) is 1.22. The summed E-state index contributed by atoms with van der Waals surface area (Å²) in [6, 6.07) is 3.97. The van der Waals surface area contributed by atoms with Crippen molar-refractivity contribution < 1.29 is 0 Å². The van der Waals surface area contributed by atoms with Crippen LogP contribution in [0, 0.1) is 13.5 Å². The van der Waals surface area contributed by atoms with Crippen molar-refractivity contribution in [3.05, 3.63) is 53.2 Å². The molecular formula is C12H12N2. The van der Waals surface area contributed by atoms with E-state index >= 15 is 0 Å². The SMILES string of the molecule is [C-]#[N+]C1(c2ccc(C)cn2)CC(=C)C1. The van der Waals surface area contributed by atoms with Crippen LogP contribution >= 0.6 is 0 Å². The smallest absolute Gasteiger partial charge is 0.281 e. The first-order valence-electron chi connectivity index (χ1n) is 4.65. The van der Waals surface area contributed by atoms with Crippen LogP contribution in [0.3, 0.4) is 0 Å². The van der Waals surface area contributed by atoms with E-state index in [0.29, 0.717) is 0 Å². The topological polar surface area (TPSA) is 17.2 Å². The summed E-state index contributed by atoms with van der Waals surface area (Å²) < 4.78 is 0. The van der Waals surface area contributed by atoms with E-state index in [-0.39, 0.29) is 0 Å². The Kier molecular flexibility index (Phi) is 1.89. The molecule has 14 heavy (non-hydrogen) atoms. The molecule has 1 aliphatic rings. The summed E-state index contributed by atoms with van der Waals surface area (Å²) in [5.41, 5.74) is 2.78. The Labute approximate surface area is 84.1 Å². The van der Waals surface area contributed by atoms with Crippen molar-refractivity contribution in [1.82, 2.24) is 4.98 Å². The third-order valence-corrected chi connectivity index (χ3v) is 2.69. The molecule has 1 aliphatic carbocycles.